The van der Waals surface area contributed by atoms with Crippen molar-refractivity contribution in [3.63, 3.8) is 0 Å². The highest BCUT2D eigenvalue weighted by atomic mass is 35.5. The van der Waals surface area contributed by atoms with Crippen molar-refractivity contribution in [3.8, 4) is 5.75 Å². The quantitative estimate of drug-likeness (QED) is 0.786. The molecule has 17 heavy (non-hydrogen) atoms. The Hall–Kier alpha value is -0.980. The van der Waals surface area contributed by atoms with E-state index in [1.54, 1.807) is 0 Å². The number of aryl methyl sites for hydroxylation is 1. The summed E-state index contributed by atoms with van der Waals surface area (Å²) >= 11 is 0. The predicted molar refractivity (Wildman–Crippen MR) is 59.0 cm³/mol. The molecule has 7 heteroatoms. The number of benzene rings is 1. The minimum Gasteiger partial charge on any atom is -0.505 e. The number of phenolic OH excluding ortho intramolecular Hbond substituents is 1. The summed E-state index contributed by atoms with van der Waals surface area (Å²) in [5, 5.41) is 17.8. The van der Waals surface area contributed by atoms with Crippen LogP contribution in [-0.2, 0) is 0 Å². The number of halogens is 4. The number of rotatable bonds is 3. The molecule has 0 unspecified atom stereocenters. The van der Waals surface area contributed by atoms with E-state index in [1.165, 1.54) is 13.0 Å². The number of aliphatic hydroxyl groups excluding tert-OH is 1. The first kappa shape index (κ1) is 16.0. The Morgan fingerprint density at radius 3 is 2.41 bits per heavy atom. The van der Waals surface area contributed by atoms with Crippen LogP contribution in [0, 0.1) is 12.7 Å². The maximum atomic E-state index is 13.1. The molecule has 1 aromatic rings. The third-order valence-electron chi connectivity index (χ3n) is 2.36. The van der Waals surface area contributed by atoms with Crippen molar-refractivity contribution in [2.75, 3.05) is 6.61 Å². The van der Waals surface area contributed by atoms with E-state index in [0.717, 1.165) is 6.07 Å². The van der Waals surface area contributed by atoms with Gasteiger partial charge in [-0.25, -0.2) is 13.2 Å². The van der Waals surface area contributed by atoms with Gasteiger partial charge in [0.25, 0.3) is 5.92 Å². The Kier molecular flexibility index (Phi) is 5.25. The van der Waals surface area contributed by atoms with Crippen LogP contribution in [0.5, 0.6) is 5.75 Å². The van der Waals surface area contributed by atoms with Gasteiger partial charge in [-0.15, -0.1) is 12.4 Å². The molecule has 0 aromatic heterocycles. The monoisotopic (exact) mass is 271 g/mol. The van der Waals surface area contributed by atoms with Crippen LogP contribution < -0.4 is 5.73 Å². The summed E-state index contributed by atoms with van der Waals surface area (Å²) in [5.74, 6) is -5.54. The first-order valence-electron chi connectivity index (χ1n) is 4.53. The number of nitrogens with two attached hydrogens (primary N) is 1. The molecule has 4 N–H and O–H groups in total. The molecule has 0 radical (unpaired) electrons. The lowest BCUT2D eigenvalue weighted by Gasteiger charge is -2.24. The maximum absolute atomic E-state index is 13.1. The lowest BCUT2D eigenvalue weighted by atomic mass is 9.96. The SMILES string of the molecule is Cc1ccc(F)c(O)c1[C@H](N)C(F)(F)CO.Cl. The number of aliphatic hydroxyl groups is 1. The third-order valence-corrected chi connectivity index (χ3v) is 2.36. The molecule has 1 aromatic carbocycles. The third kappa shape index (κ3) is 3.02. The minimum atomic E-state index is -3.62. The van der Waals surface area contributed by atoms with E-state index in [0.29, 0.717) is 0 Å². The van der Waals surface area contributed by atoms with Crippen molar-refractivity contribution >= 4 is 12.4 Å². The number of aromatic hydroxyl groups is 1. The highest BCUT2D eigenvalue weighted by Gasteiger charge is 2.39. The molecule has 1 atom stereocenters. The molecule has 1 rings (SSSR count). The smallest absolute Gasteiger partial charge is 0.289 e. The first-order chi connectivity index (χ1) is 7.31. The summed E-state index contributed by atoms with van der Waals surface area (Å²) in [7, 11) is 0. The van der Waals surface area contributed by atoms with E-state index in [9.17, 15) is 18.3 Å². The zero-order chi connectivity index (χ0) is 12.5. The van der Waals surface area contributed by atoms with Crippen LogP contribution >= 0.6 is 12.4 Å². The van der Waals surface area contributed by atoms with Crippen LogP contribution in [0.25, 0.3) is 0 Å². The lowest BCUT2D eigenvalue weighted by Crippen LogP contribution is -2.36. The second-order valence-corrected chi connectivity index (χ2v) is 3.52. The summed E-state index contributed by atoms with van der Waals surface area (Å²) in [6, 6.07) is 0.239. The second kappa shape index (κ2) is 5.57. The van der Waals surface area contributed by atoms with Crippen LogP contribution in [0.2, 0.25) is 0 Å². The van der Waals surface area contributed by atoms with E-state index in [1.807, 2.05) is 0 Å². The molecule has 0 heterocycles. The van der Waals surface area contributed by atoms with E-state index in [2.05, 4.69) is 0 Å². The molecule has 0 saturated heterocycles. The molecule has 0 fully saturated rings. The molecule has 0 aliphatic rings. The minimum absolute atomic E-state index is 0. The normalized spacial score (nSPS) is 13.1. The van der Waals surface area contributed by atoms with E-state index in [4.69, 9.17) is 10.8 Å². The molecule has 0 aliphatic heterocycles. The van der Waals surface area contributed by atoms with Gasteiger partial charge < -0.3 is 15.9 Å². The molecule has 98 valence electrons. The molecule has 3 nitrogen and oxygen atoms in total. The van der Waals surface area contributed by atoms with Gasteiger partial charge in [0.05, 0.1) is 0 Å². The summed E-state index contributed by atoms with van der Waals surface area (Å²) in [6.45, 7) is -0.0502. The van der Waals surface area contributed by atoms with E-state index < -0.39 is 30.1 Å². The molecular formula is C10H13ClF3NO2. The average Bonchev–Trinajstić information content (AvgIpc) is 2.24. The summed E-state index contributed by atoms with van der Waals surface area (Å²) < 4.78 is 39.2. The van der Waals surface area contributed by atoms with Gasteiger partial charge in [-0.1, -0.05) is 6.07 Å². The van der Waals surface area contributed by atoms with E-state index in [-0.39, 0.29) is 23.5 Å². The topological polar surface area (TPSA) is 66.5 Å². The Labute approximate surface area is 102 Å². The molecule has 0 aliphatic carbocycles. The Bertz CT molecular complexity index is 401. The van der Waals surface area contributed by atoms with Gasteiger partial charge in [0.2, 0.25) is 0 Å². The molecule has 0 bridgehead atoms. The Morgan fingerprint density at radius 1 is 1.41 bits per heavy atom. The fraction of sp³-hybridized carbons (Fsp3) is 0.400. The van der Waals surface area contributed by atoms with Crippen LogP contribution in [-0.4, -0.2) is 22.7 Å². The number of phenols is 1. The van der Waals surface area contributed by atoms with Gasteiger partial charge in [-0.05, 0) is 18.6 Å². The number of alkyl halides is 2. The van der Waals surface area contributed by atoms with Crippen molar-refractivity contribution in [1.29, 1.82) is 0 Å². The van der Waals surface area contributed by atoms with Crippen molar-refractivity contribution in [3.05, 3.63) is 29.1 Å². The zero-order valence-electron chi connectivity index (χ0n) is 8.95. The highest BCUT2D eigenvalue weighted by molar-refractivity contribution is 5.85. The predicted octanol–water partition coefficient (Wildman–Crippen LogP) is 1.89. The van der Waals surface area contributed by atoms with Crippen LogP contribution in [0.15, 0.2) is 12.1 Å². The number of hydrogen-bond donors (Lipinski definition) is 3. The largest absolute Gasteiger partial charge is 0.505 e. The Balaban J connectivity index is 0.00000256. The average molecular weight is 272 g/mol. The van der Waals surface area contributed by atoms with Gasteiger partial charge >= 0.3 is 0 Å². The van der Waals surface area contributed by atoms with Crippen molar-refractivity contribution < 1.29 is 23.4 Å². The van der Waals surface area contributed by atoms with Gasteiger partial charge in [0, 0.05) is 5.56 Å². The van der Waals surface area contributed by atoms with Crippen LogP contribution in [0.1, 0.15) is 17.2 Å². The van der Waals surface area contributed by atoms with Gasteiger partial charge in [-0.3, -0.25) is 0 Å². The van der Waals surface area contributed by atoms with Crippen LogP contribution in [0.3, 0.4) is 0 Å². The zero-order valence-corrected chi connectivity index (χ0v) is 9.77. The summed E-state index contributed by atoms with van der Waals surface area (Å²) in [4.78, 5) is 0. The fourth-order valence-corrected chi connectivity index (χ4v) is 1.38. The summed E-state index contributed by atoms with van der Waals surface area (Å²) in [5.41, 5.74) is 5.06. The molecule has 0 spiro atoms. The van der Waals surface area contributed by atoms with E-state index >= 15 is 0 Å². The van der Waals surface area contributed by atoms with Crippen LogP contribution in [0.4, 0.5) is 13.2 Å². The van der Waals surface area contributed by atoms with Gasteiger partial charge in [0.15, 0.2) is 11.6 Å². The molecule has 0 saturated carbocycles. The van der Waals surface area contributed by atoms with Crippen molar-refractivity contribution in [1.82, 2.24) is 0 Å². The van der Waals surface area contributed by atoms with Gasteiger partial charge in [0.1, 0.15) is 12.6 Å². The maximum Gasteiger partial charge on any atom is 0.289 e. The fourth-order valence-electron chi connectivity index (χ4n) is 1.38. The number of hydrogen-bond acceptors (Lipinski definition) is 3. The van der Waals surface area contributed by atoms with Gasteiger partial charge in [-0.2, -0.15) is 0 Å². The summed E-state index contributed by atoms with van der Waals surface area (Å²) in [6.07, 6.45) is 0. The lowest BCUT2D eigenvalue weighted by molar-refractivity contribution is -0.0718. The Morgan fingerprint density at radius 2 is 1.94 bits per heavy atom. The standard InChI is InChI=1S/C10H12F3NO2.ClH/c1-5-2-3-6(11)8(16)7(5)9(14)10(12,13)4-15;/h2-3,9,15-16H,4,14H2,1H3;1H/t9-;/m0./s1. The van der Waals surface area contributed by atoms with Crippen molar-refractivity contribution in [2.45, 2.75) is 18.9 Å². The van der Waals surface area contributed by atoms with Crippen molar-refractivity contribution in [2.24, 2.45) is 5.73 Å². The first-order valence-corrected chi connectivity index (χ1v) is 4.53. The molecule has 0 amide bonds. The highest BCUT2D eigenvalue weighted by Crippen LogP contribution is 2.36. The second-order valence-electron chi connectivity index (χ2n) is 3.52. The molecular weight excluding hydrogens is 259 g/mol.